The number of nitrogens with zero attached hydrogens (tertiary/aromatic N) is 2. The number of nitrogens with one attached hydrogen (secondary N) is 1. The number of para-hydroxylation sites is 1. The predicted molar refractivity (Wildman–Crippen MR) is 83.3 cm³/mol. The summed E-state index contributed by atoms with van der Waals surface area (Å²) in [6, 6.07) is 12.4. The van der Waals surface area contributed by atoms with E-state index < -0.39 is 0 Å². The van der Waals surface area contributed by atoms with Crippen molar-refractivity contribution in [3.8, 4) is 17.1 Å². The van der Waals surface area contributed by atoms with Crippen molar-refractivity contribution in [2.45, 2.75) is 0 Å². The van der Waals surface area contributed by atoms with E-state index in [9.17, 15) is 4.39 Å². The van der Waals surface area contributed by atoms with Crippen LogP contribution in [0.4, 0.5) is 4.39 Å². The van der Waals surface area contributed by atoms with Gasteiger partial charge in [-0.05, 0) is 24.3 Å². The van der Waals surface area contributed by atoms with Gasteiger partial charge in [0.1, 0.15) is 11.6 Å². The van der Waals surface area contributed by atoms with E-state index in [1.807, 2.05) is 24.3 Å². The molecule has 4 rings (SSSR count). The zero-order valence-corrected chi connectivity index (χ0v) is 11.8. The van der Waals surface area contributed by atoms with Crippen molar-refractivity contribution in [1.82, 2.24) is 15.0 Å². The third-order valence-corrected chi connectivity index (χ3v) is 3.65. The highest BCUT2D eigenvalue weighted by molar-refractivity contribution is 6.04. The number of ether oxygens (including phenoxy) is 1. The Morgan fingerprint density at radius 2 is 1.95 bits per heavy atom. The highest BCUT2D eigenvalue weighted by Crippen LogP contribution is 2.28. The van der Waals surface area contributed by atoms with E-state index in [0.717, 1.165) is 21.9 Å². The number of hydrogen-bond donors (Lipinski definition) is 1. The molecule has 2 heterocycles. The molecule has 0 aliphatic carbocycles. The van der Waals surface area contributed by atoms with Crippen molar-refractivity contribution in [2.75, 3.05) is 7.11 Å². The van der Waals surface area contributed by atoms with Crippen LogP contribution in [0.25, 0.3) is 33.3 Å². The smallest absolute Gasteiger partial charge is 0.163 e. The van der Waals surface area contributed by atoms with Gasteiger partial charge < -0.3 is 9.72 Å². The second-order valence-corrected chi connectivity index (χ2v) is 4.97. The minimum absolute atomic E-state index is 0.325. The maximum atomic E-state index is 14.1. The SMILES string of the molecule is COc1ccc(F)c(-c2ncc3[nH]c4ccccc4c3n2)c1. The molecule has 22 heavy (non-hydrogen) atoms. The Morgan fingerprint density at radius 3 is 2.82 bits per heavy atom. The summed E-state index contributed by atoms with van der Waals surface area (Å²) in [4.78, 5) is 12.1. The van der Waals surface area contributed by atoms with Gasteiger partial charge in [0.2, 0.25) is 0 Å². The topological polar surface area (TPSA) is 50.8 Å². The first-order chi connectivity index (χ1) is 10.8. The van der Waals surface area contributed by atoms with E-state index in [1.165, 1.54) is 6.07 Å². The van der Waals surface area contributed by atoms with E-state index in [2.05, 4.69) is 15.0 Å². The standard InChI is InChI=1S/C17H12FN3O/c1-22-10-6-7-13(18)12(8-10)17-19-9-15-16(21-17)11-4-2-3-5-14(11)20-15/h2-9,20H,1H3. The summed E-state index contributed by atoms with van der Waals surface area (Å²) < 4.78 is 19.2. The van der Waals surface area contributed by atoms with Crippen LogP contribution in [0.15, 0.2) is 48.7 Å². The number of aromatic amines is 1. The van der Waals surface area contributed by atoms with E-state index in [1.54, 1.807) is 25.4 Å². The van der Waals surface area contributed by atoms with E-state index in [-0.39, 0.29) is 5.82 Å². The lowest BCUT2D eigenvalue weighted by Gasteiger charge is -2.05. The number of H-pyrrole nitrogens is 1. The maximum Gasteiger partial charge on any atom is 0.163 e. The quantitative estimate of drug-likeness (QED) is 0.609. The van der Waals surface area contributed by atoms with Crippen LogP contribution in [-0.2, 0) is 0 Å². The number of methoxy groups -OCH3 is 1. The summed E-state index contributed by atoms with van der Waals surface area (Å²) in [6.45, 7) is 0. The van der Waals surface area contributed by atoms with Gasteiger partial charge in [-0.3, -0.25) is 0 Å². The van der Waals surface area contributed by atoms with Gasteiger partial charge in [-0.1, -0.05) is 18.2 Å². The van der Waals surface area contributed by atoms with Crippen molar-refractivity contribution < 1.29 is 9.13 Å². The molecule has 0 aliphatic heterocycles. The Labute approximate surface area is 125 Å². The molecule has 4 nitrogen and oxygen atoms in total. The molecule has 0 atom stereocenters. The van der Waals surface area contributed by atoms with Crippen LogP contribution in [0.2, 0.25) is 0 Å². The summed E-state index contributed by atoms with van der Waals surface area (Å²) >= 11 is 0. The van der Waals surface area contributed by atoms with Crippen molar-refractivity contribution >= 4 is 21.9 Å². The van der Waals surface area contributed by atoms with Gasteiger partial charge >= 0.3 is 0 Å². The molecule has 2 aromatic heterocycles. The molecule has 0 amide bonds. The highest BCUT2D eigenvalue weighted by Gasteiger charge is 2.12. The molecule has 0 fully saturated rings. The molecule has 0 unspecified atom stereocenters. The molecule has 108 valence electrons. The summed E-state index contributed by atoms with van der Waals surface area (Å²) in [5, 5.41) is 0.990. The number of hydrogen-bond acceptors (Lipinski definition) is 3. The molecule has 0 spiro atoms. The fraction of sp³-hybridized carbons (Fsp3) is 0.0588. The third-order valence-electron chi connectivity index (χ3n) is 3.65. The molecule has 2 aromatic carbocycles. The van der Waals surface area contributed by atoms with E-state index in [4.69, 9.17) is 4.74 Å². The molecule has 1 N–H and O–H groups in total. The fourth-order valence-electron chi connectivity index (χ4n) is 2.55. The normalized spacial score (nSPS) is 11.2. The number of fused-ring (bicyclic) bond motifs is 3. The van der Waals surface area contributed by atoms with Crippen LogP contribution in [0.3, 0.4) is 0 Å². The molecule has 0 bridgehead atoms. The summed E-state index contributed by atoms with van der Waals surface area (Å²) in [5.41, 5.74) is 2.91. The van der Waals surface area contributed by atoms with E-state index >= 15 is 0 Å². The van der Waals surface area contributed by atoms with Gasteiger partial charge in [0.15, 0.2) is 5.82 Å². The molecular formula is C17H12FN3O. The number of halogens is 1. The van der Waals surface area contributed by atoms with Gasteiger partial charge in [-0.2, -0.15) is 0 Å². The Kier molecular flexibility index (Phi) is 2.79. The zero-order chi connectivity index (χ0) is 15.1. The lowest BCUT2D eigenvalue weighted by Crippen LogP contribution is -1.93. The lowest BCUT2D eigenvalue weighted by atomic mass is 10.1. The maximum absolute atomic E-state index is 14.1. The van der Waals surface area contributed by atoms with Crippen molar-refractivity contribution in [1.29, 1.82) is 0 Å². The van der Waals surface area contributed by atoms with Gasteiger partial charge in [-0.25, -0.2) is 14.4 Å². The molecule has 0 saturated carbocycles. The average Bonchev–Trinajstić information content (AvgIpc) is 2.93. The summed E-state index contributed by atoms with van der Waals surface area (Å²) in [6.07, 6.45) is 1.68. The lowest BCUT2D eigenvalue weighted by molar-refractivity contribution is 0.414. The Bertz CT molecular complexity index is 994. The first-order valence-corrected chi connectivity index (χ1v) is 6.83. The Balaban J connectivity index is 1.98. The van der Waals surface area contributed by atoms with Gasteiger partial charge in [0.25, 0.3) is 0 Å². The summed E-state index contributed by atoms with van der Waals surface area (Å²) in [7, 11) is 1.54. The summed E-state index contributed by atoms with van der Waals surface area (Å²) in [5.74, 6) is 0.535. The Hall–Kier alpha value is -2.95. The number of rotatable bonds is 2. The molecule has 0 saturated heterocycles. The molecule has 5 heteroatoms. The Morgan fingerprint density at radius 1 is 1.09 bits per heavy atom. The van der Waals surface area contributed by atoms with Crippen molar-refractivity contribution in [3.05, 3.63) is 54.5 Å². The second kappa shape index (κ2) is 4.80. The first-order valence-electron chi connectivity index (χ1n) is 6.83. The first kappa shape index (κ1) is 12.8. The highest BCUT2D eigenvalue weighted by atomic mass is 19.1. The zero-order valence-electron chi connectivity index (χ0n) is 11.8. The number of aromatic nitrogens is 3. The van der Waals surface area contributed by atoms with E-state index in [0.29, 0.717) is 17.1 Å². The molecular weight excluding hydrogens is 281 g/mol. The van der Waals surface area contributed by atoms with Gasteiger partial charge in [0, 0.05) is 10.9 Å². The predicted octanol–water partition coefficient (Wildman–Crippen LogP) is 3.93. The van der Waals surface area contributed by atoms with Crippen molar-refractivity contribution in [3.63, 3.8) is 0 Å². The van der Waals surface area contributed by atoms with Crippen LogP contribution in [0.5, 0.6) is 5.75 Å². The van der Waals surface area contributed by atoms with Crippen LogP contribution in [0.1, 0.15) is 0 Å². The molecule has 4 aromatic rings. The monoisotopic (exact) mass is 293 g/mol. The van der Waals surface area contributed by atoms with Gasteiger partial charge in [0.05, 0.1) is 29.9 Å². The van der Waals surface area contributed by atoms with Crippen LogP contribution in [0, 0.1) is 5.82 Å². The largest absolute Gasteiger partial charge is 0.497 e. The van der Waals surface area contributed by atoms with Crippen molar-refractivity contribution in [2.24, 2.45) is 0 Å². The average molecular weight is 293 g/mol. The minimum Gasteiger partial charge on any atom is -0.497 e. The molecule has 0 aliphatic rings. The van der Waals surface area contributed by atoms with Crippen LogP contribution in [-0.4, -0.2) is 22.1 Å². The van der Waals surface area contributed by atoms with Crippen LogP contribution >= 0.6 is 0 Å². The third kappa shape index (κ3) is 1.90. The minimum atomic E-state index is -0.375. The van der Waals surface area contributed by atoms with Gasteiger partial charge in [-0.15, -0.1) is 0 Å². The second-order valence-electron chi connectivity index (χ2n) is 4.97. The molecule has 0 radical (unpaired) electrons. The van der Waals surface area contributed by atoms with Crippen LogP contribution < -0.4 is 4.74 Å². The fourth-order valence-corrected chi connectivity index (χ4v) is 2.55. The number of benzene rings is 2.